The zero-order valence-corrected chi connectivity index (χ0v) is 11.7. The molecule has 1 N–H and O–H groups in total. The van der Waals surface area contributed by atoms with E-state index in [1.54, 1.807) is 12.1 Å². The highest BCUT2D eigenvalue weighted by Crippen LogP contribution is 2.27. The first kappa shape index (κ1) is 13.6. The molecule has 2 nitrogen and oxygen atoms in total. The molecule has 0 bridgehead atoms. The van der Waals surface area contributed by atoms with E-state index < -0.39 is 0 Å². The highest BCUT2D eigenvalue weighted by Gasteiger charge is 2.28. The Morgan fingerprint density at radius 3 is 3.00 bits per heavy atom. The fourth-order valence-corrected chi connectivity index (χ4v) is 2.55. The van der Waals surface area contributed by atoms with E-state index in [0.29, 0.717) is 10.7 Å². The Hall–Kier alpha value is -0.800. The molecule has 1 fully saturated rings. The predicted molar refractivity (Wildman–Crippen MR) is 74.9 cm³/mol. The number of nitrogens with zero attached hydrogens (tertiary/aromatic N) is 1. The van der Waals surface area contributed by atoms with Crippen LogP contribution in [0.15, 0.2) is 18.2 Å². The molecular weight excluding hydrogens is 251 g/mol. The fraction of sp³-hybridized carbons (Fsp3) is 0.571. The average molecular weight is 271 g/mol. The van der Waals surface area contributed by atoms with Crippen LogP contribution in [0.4, 0.5) is 10.1 Å². The van der Waals surface area contributed by atoms with Crippen molar-refractivity contribution in [2.24, 2.45) is 0 Å². The van der Waals surface area contributed by atoms with Crippen LogP contribution < -0.4 is 10.2 Å². The van der Waals surface area contributed by atoms with Crippen LogP contribution in [-0.2, 0) is 0 Å². The van der Waals surface area contributed by atoms with E-state index in [1.807, 2.05) is 0 Å². The van der Waals surface area contributed by atoms with Crippen molar-refractivity contribution in [3.8, 4) is 0 Å². The SMILES string of the molecule is CCC1(C)CN(c2cc(Cl)ccc2F)CCCN1. The Morgan fingerprint density at radius 2 is 2.28 bits per heavy atom. The zero-order valence-electron chi connectivity index (χ0n) is 11.0. The van der Waals surface area contributed by atoms with Gasteiger partial charge in [0.05, 0.1) is 5.69 Å². The van der Waals surface area contributed by atoms with E-state index in [4.69, 9.17) is 11.6 Å². The maximum absolute atomic E-state index is 13.9. The molecule has 1 aliphatic heterocycles. The smallest absolute Gasteiger partial charge is 0.146 e. The Balaban J connectivity index is 2.28. The molecule has 0 aliphatic carbocycles. The van der Waals surface area contributed by atoms with Crippen molar-refractivity contribution in [3.63, 3.8) is 0 Å². The molecule has 1 atom stereocenters. The van der Waals surface area contributed by atoms with Crippen molar-refractivity contribution < 1.29 is 4.39 Å². The Kier molecular flexibility index (Phi) is 4.13. The normalized spacial score (nSPS) is 25.0. The van der Waals surface area contributed by atoms with Crippen molar-refractivity contribution in [3.05, 3.63) is 29.0 Å². The highest BCUT2D eigenvalue weighted by atomic mass is 35.5. The summed E-state index contributed by atoms with van der Waals surface area (Å²) in [4.78, 5) is 2.10. The molecule has 1 heterocycles. The number of rotatable bonds is 2. The summed E-state index contributed by atoms with van der Waals surface area (Å²) in [5.74, 6) is -0.195. The molecule has 2 rings (SSSR count). The Bertz CT molecular complexity index is 424. The largest absolute Gasteiger partial charge is 0.367 e. The van der Waals surface area contributed by atoms with Gasteiger partial charge in [0.1, 0.15) is 5.82 Å². The quantitative estimate of drug-likeness (QED) is 0.886. The van der Waals surface area contributed by atoms with Crippen molar-refractivity contribution >= 4 is 17.3 Å². The standard InChI is InChI=1S/C14H20ClFN2/c1-3-14(2)10-18(8-4-7-17-14)13-9-11(15)5-6-12(13)16/h5-6,9,17H,3-4,7-8,10H2,1-2H3. The highest BCUT2D eigenvalue weighted by molar-refractivity contribution is 6.30. The Morgan fingerprint density at radius 1 is 1.50 bits per heavy atom. The van der Waals surface area contributed by atoms with E-state index in [0.717, 1.165) is 32.5 Å². The average Bonchev–Trinajstić information content (AvgIpc) is 2.55. The first-order valence-corrected chi connectivity index (χ1v) is 6.87. The molecule has 0 amide bonds. The lowest BCUT2D eigenvalue weighted by Crippen LogP contribution is -2.48. The summed E-state index contributed by atoms with van der Waals surface area (Å²) < 4.78 is 13.9. The molecule has 1 unspecified atom stereocenters. The molecule has 1 aromatic carbocycles. The fourth-order valence-electron chi connectivity index (χ4n) is 2.39. The number of hydrogen-bond acceptors (Lipinski definition) is 2. The summed E-state index contributed by atoms with van der Waals surface area (Å²) in [6, 6.07) is 4.76. The summed E-state index contributed by atoms with van der Waals surface area (Å²) in [5.41, 5.74) is 0.650. The molecule has 1 aromatic rings. The third kappa shape index (κ3) is 2.96. The van der Waals surface area contributed by atoms with Crippen LogP contribution in [-0.4, -0.2) is 25.2 Å². The summed E-state index contributed by atoms with van der Waals surface area (Å²) in [6.07, 6.45) is 2.03. The lowest BCUT2D eigenvalue weighted by Gasteiger charge is -2.34. The van der Waals surface area contributed by atoms with Crippen LogP contribution >= 0.6 is 11.6 Å². The third-order valence-electron chi connectivity index (χ3n) is 3.73. The van der Waals surface area contributed by atoms with Crippen LogP contribution in [0.5, 0.6) is 0 Å². The Labute approximate surface area is 113 Å². The molecule has 0 radical (unpaired) electrons. The molecule has 0 aromatic heterocycles. The maximum atomic E-state index is 13.9. The molecule has 4 heteroatoms. The van der Waals surface area contributed by atoms with Gasteiger partial charge in [-0.2, -0.15) is 0 Å². The molecule has 0 saturated carbocycles. The van der Waals surface area contributed by atoms with Gasteiger partial charge in [0, 0.05) is 23.7 Å². The van der Waals surface area contributed by atoms with Gasteiger partial charge in [-0.25, -0.2) is 4.39 Å². The minimum Gasteiger partial charge on any atom is -0.367 e. The third-order valence-corrected chi connectivity index (χ3v) is 3.96. The molecule has 0 spiro atoms. The number of hydrogen-bond donors (Lipinski definition) is 1. The molecule has 1 aliphatic rings. The van der Waals surface area contributed by atoms with Gasteiger partial charge in [-0.3, -0.25) is 0 Å². The number of nitrogens with one attached hydrogen (secondary N) is 1. The van der Waals surface area contributed by atoms with Crippen molar-refractivity contribution in [2.45, 2.75) is 32.2 Å². The number of benzene rings is 1. The first-order chi connectivity index (χ1) is 8.54. The van der Waals surface area contributed by atoms with Gasteiger partial charge >= 0.3 is 0 Å². The maximum Gasteiger partial charge on any atom is 0.146 e. The van der Waals surface area contributed by atoms with Gasteiger partial charge in [-0.1, -0.05) is 18.5 Å². The summed E-state index contributed by atoms with van der Waals surface area (Å²) in [7, 11) is 0. The van der Waals surface area contributed by atoms with Gasteiger partial charge < -0.3 is 10.2 Å². The van der Waals surface area contributed by atoms with Crippen LogP contribution in [0.1, 0.15) is 26.7 Å². The number of anilines is 1. The monoisotopic (exact) mass is 270 g/mol. The second-order valence-corrected chi connectivity index (χ2v) is 5.65. The van der Waals surface area contributed by atoms with Crippen molar-refractivity contribution in [1.82, 2.24) is 5.32 Å². The minimum absolute atomic E-state index is 0.0330. The predicted octanol–water partition coefficient (Wildman–Crippen LogP) is 3.45. The topological polar surface area (TPSA) is 15.3 Å². The minimum atomic E-state index is -0.195. The van der Waals surface area contributed by atoms with Gasteiger partial charge in [0.25, 0.3) is 0 Å². The van der Waals surface area contributed by atoms with Crippen LogP contribution in [0.2, 0.25) is 5.02 Å². The van der Waals surface area contributed by atoms with Crippen LogP contribution in [0.25, 0.3) is 0 Å². The summed E-state index contributed by atoms with van der Waals surface area (Å²) >= 11 is 5.97. The molecule has 1 saturated heterocycles. The first-order valence-electron chi connectivity index (χ1n) is 6.49. The molecule has 18 heavy (non-hydrogen) atoms. The van der Waals surface area contributed by atoms with E-state index >= 15 is 0 Å². The van der Waals surface area contributed by atoms with Gasteiger partial charge in [-0.15, -0.1) is 0 Å². The summed E-state index contributed by atoms with van der Waals surface area (Å²) in [6.45, 7) is 6.99. The van der Waals surface area contributed by atoms with Gasteiger partial charge in [-0.05, 0) is 44.5 Å². The second-order valence-electron chi connectivity index (χ2n) is 5.21. The van der Waals surface area contributed by atoms with Gasteiger partial charge in [0.2, 0.25) is 0 Å². The molecular formula is C14H20ClFN2. The van der Waals surface area contributed by atoms with E-state index in [2.05, 4.69) is 24.1 Å². The van der Waals surface area contributed by atoms with Crippen LogP contribution in [0, 0.1) is 5.82 Å². The van der Waals surface area contributed by atoms with E-state index in [9.17, 15) is 4.39 Å². The van der Waals surface area contributed by atoms with E-state index in [1.165, 1.54) is 6.07 Å². The zero-order chi connectivity index (χ0) is 13.2. The van der Waals surface area contributed by atoms with Crippen molar-refractivity contribution in [1.29, 1.82) is 0 Å². The summed E-state index contributed by atoms with van der Waals surface area (Å²) in [5, 5.41) is 4.13. The lowest BCUT2D eigenvalue weighted by molar-refractivity contribution is 0.366. The van der Waals surface area contributed by atoms with Crippen LogP contribution in [0.3, 0.4) is 0 Å². The van der Waals surface area contributed by atoms with Crippen molar-refractivity contribution in [2.75, 3.05) is 24.5 Å². The number of halogens is 2. The lowest BCUT2D eigenvalue weighted by atomic mass is 9.98. The van der Waals surface area contributed by atoms with E-state index in [-0.39, 0.29) is 11.4 Å². The molecule has 100 valence electrons. The van der Waals surface area contributed by atoms with Gasteiger partial charge in [0.15, 0.2) is 0 Å². The second kappa shape index (κ2) is 5.45.